The summed E-state index contributed by atoms with van der Waals surface area (Å²) in [6.45, 7) is 6.12. The predicted octanol–water partition coefficient (Wildman–Crippen LogP) is 6.20. The number of thiophene rings is 1. The van der Waals surface area contributed by atoms with E-state index in [1.54, 1.807) is 17.4 Å². The maximum absolute atomic E-state index is 13.0. The van der Waals surface area contributed by atoms with Gasteiger partial charge in [0.15, 0.2) is 5.82 Å². The van der Waals surface area contributed by atoms with Crippen molar-refractivity contribution in [2.45, 2.75) is 39.7 Å². The van der Waals surface area contributed by atoms with Gasteiger partial charge in [-0.2, -0.15) is 5.26 Å². The third kappa shape index (κ3) is 4.78. The number of aromatic nitrogens is 2. The molecule has 0 radical (unpaired) electrons. The van der Waals surface area contributed by atoms with Gasteiger partial charge in [0, 0.05) is 23.7 Å². The first-order valence-corrected chi connectivity index (χ1v) is 12.9. The topological polar surface area (TPSA) is 72.8 Å². The van der Waals surface area contributed by atoms with Crippen LogP contribution in [0.3, 0.4) is 0 Å². The van der Waals surface area contributed by atoms with Crippen LogP contribution in [0.25, 0.3) is 21.9 Å². The second kappa shape index (κ2) is 9.89. The van der Waals surface area contributed by atoms with E-state index in [1.807, 2.05) is 18.2 Å². The molecule has 0 saturated carbocycles. The van der Waals surface area contributed by atoms with E-state index in [9.17, 15) is 10.1 Å². The van der Waals surface area contributed by atoms with E-state index in [4.69, 9.17) is 4.98 Å². The van der Waals surface area contributed by atoms with Crippen LogP contribution in [-0.4, -0.2) is 16.5 Å². The number of nitriles is 1. The van der Waals surface area contributed by atoms with Gasteiger partial charge in [-0.3, -0.25) is 4.79 Å². The highest BCUT2D eigenvalue weighted by atomic mass is 32.1. The summed E-state index contributed by atoms with van der Waals surface area (Å²) >= 11 is 1.60. The van der Waals surface area contributed by atoms with Crippen LogP contribution >= 0.6 is 11.3 Å². The van der Waals surface area contributed by atoms with Gasteiger partial charge in [0.1, 0.15) is 10.9 Å². The molecule has 0 amide bonds. The summed E-state index contributed by atoms with van der Waals surface area (Å²) in [5.74, 6) is 0.961. The lowest BCUT2D eigenvalue weighted by Crippen LogP contribution is -2.21. The number of aromatic amines is 1. The Kier molecular flexibility index (Phi) is 6.52. The van der Waals surface area contributed by atoms with Crippen molar-refractivity contribution in [1.29, 1.82) is 5.26 Å². The maximum Gasteiger partial charge on any atom is 0.260 e. The molecule has 1 unspecified atom stereocenters. The van der Waals surface area contributed by atoms with E-state index >= 15 is 0 Å². The number of H-pyrrole nitrogens is 1. The van der Waals surface area contributed by atoms with Crippen molar-refractivity contribution in [3.05, 3.63) is 92.3 Å². The summed E-state index contributed by atoms with van der Waals surface area (Å²) in [6.07, 6.45) is 4.81. The summed E-state index contributed by atoms with van der Waals surface area (Å²) < 4.78 is 0. The second-order valence-corrected chi connectivity index (χ2v) is 10.3. The number of hydrogen-bond acceptors (Lipinski definition) is 5. The minimum absolute atomic E-state index is 0.145. The van der Waals surface area contributed by atoms with Crippen molar-refractivity contribution < 1.29 is 0 Å². The lowest BCUT2D eigenvalue weighted by Gasteiger charge is -2.23. The fourth-order valence-electron chi connectivity index (χ4n) is 4.77. The van der Waals surface area contributed by atoms with Gasteiger partial charge in [0.2, 0.25) is 0 Å². The zero-order valence-corrected chi connectivity index (χ0v) is 20.9. The molecule has 1 aliphatic carbocycles. The molecule has 6 heteroatoms. The minimum atomic E-state index is -0.145. The molecule has 0 aliphatic heterocycles. The zero-order chi connectivity index (χ0) is 24.4. The molecular formula is C29H28N4OS. The van der Waals surface area contributed by atoms with Crippen LogP contribution in [0.5, 0.6) is 0 Å². The van der Waals surface area contributed by atoms with E-state index in [0.717, 1.165) is 54.0 Å². The molecule has 0 fully saturated rings. The van der Waals surface area contributed by atoms with E-state index in [1.165, 1.54) is 10.4 Å². The number of fused-ring (bicyclic) bond motifs is 3. The maximum atomic E-state index is 13.0. The smallest absolute Gasteiger partial charge is 0.260 e. The van der Waals surface area contributed by atoms with Gasteiger partial charge in [-0.1, -0.05) is 49.4 Å². The van der Waals surface area contributed by atoms with Crippen LogP contribution in [0.2, 0.25) is 0 Å². The monoisotopic (exact) mass is 480 g/mol. The van der Waals surface area contributed by atoms with Gasteiger partial charge >= 0.3 is 0 Å². The van der Waals surface area contributed by atoms with Crippen molar-refractivity contribution in [2.75, 3.05) is 11.4 Å². The first-order chi connectivity index (χ1) is 17.1. The molecule has 0 bridgehead atoms. The zero-order valence-electron chi connectivity index (χ0n) is 20.0. The average molecular weight is 481 g/mol. The van der Waals surface area contributed by atoms with Crippen molar-refractivity contribution in [2.24, 2.45) is 5.92 Å². The third-order valence-electron chi connectivity index (χ3n) is 6.71. The fraction of sp³-hybridized carbons (Fsp3) is 0.276. The Morgan fingerprint density at radius 1 is 1.23 bits per heavy atom. The normalized spacial score (nSPS) is 15.6. The SMILES string of the molecule is CCN(Cc1ccccc1)c1ccc(/C=C(\C#N)c2nc3sc4c(c3c(=O)[nH]2)CCC(C)C4)cc1. The number of allylic oxidation sites excluding steroid dienone is 1. The van der Waals surface area contributed by atoms with E-state index < -0.39 is 0 Å². The third-order valence-corrected chi connectivity index (χ3v) is 7.86. The Bertz CT molecular complexity index is 1480. The van der Waals surface area contributed by atoms with E-state index in [0.29, 0.717) is 22.7 Å². The van der Waals surface area contributed by atoms with Gasteiger partial charge < -0.3 is 9.88 Å². The van der Waals surface area contributed by atoms with Gasteiger partial charge in [0.05, 0.1) is 11.0 Å². The molecule has 2 heterocycles. The lowest BCUT2D eigenvalue weighted by atomic mass is 9.89. The molecule has 1 aliphatic rings. The van der Waals surface area contributed by atoms with Crippen molar-refractivity contribution in [1.82, 2.24) is 9.97 Å². The summed E-state index contributed by atoms with van der Waals surface area (Å²) in [7, 11) is 0. The van der Waals surface area contributed by atoms with Crippen LogP contribution in [0.4, 0.5) is 5.69 Å². The Balaban J connectivity index is 1.42. The summed E-state index contributed by atoms with van der Waals surface area (Å²) in [6, 6.07) is 20.8. The molecule has 0 spiro atoms. The highest BCUT2D eigenvalue weighted by Gasteiger charge is 2.23. The van der Waals surface area contributed by atoms with Crippen molar-refractivity contribution >= 4 is 38.9 Å². The Hall–Kier alpha value is -3.69. The van der Waals surface area contributed by atoms with Gasteiger partial charge in [-0.15, -0.1) is 11.3 Å². The van der Waals surface area contributed by atoms with Crippen LogP contribution in [0.15, 0.2) is 59.4 Å². The van der Waals surface area contributed by atoms with Gasteiger partial charge in [0.25, 0.3) is 5.56 Å². The molecular weight excluding hydrogens is 452 g/mol. The molecule has 2 aromatic carbocycles. The molecule has 35 heavy (non-hydrogen) atoms. The molecule has 1 N–H and O–H groups in total. The number of benzene rings is 2. The molecule has 5 nitrogen and oxygen atoms in total. The number of nitrogens with zero attached hydrogens (tertiary/aromatic N) is 3. The Labute approximate surface area is 209 Å². The molecule has 176 valence electrons. The van der Waals surface area contributed by atoms with Crippen LogP contribution in [0, 0.1) is 17.2 Å². The molecule has 5 rings (SSSR count). The van der Waals surface area contributed by atoms with Crippen LogP contribution in [0.1, 0.15) is 47.7 Å². The number of rotatable bonds is 6. The van der Waals surface area contributed by atoms with Gasteiger partial charge in [-0.05, 0) is 67.0 Å². The minimum Gasteiger partial charge on any atom is -0.367 e. The molecule has 4 aromatic rings. The molecule has 2 aromatic heterocycles. The second-order valence-electron chi connectivity index (χ2n) is 9.21. The van der Waals surface area contributed by atoms with E-state index in [-0.39, 0.29) is 5.56 Å². The van der Waals surface area contributed by atoms with Crippen molar-refractivity contribution in [3.63, 3.8) is 0 Å². The largest absolute Gasteiger partial charge is 0.367 e. The summed E-state index contributed by atoms with van der Waals surface area (Å²) in [4.78, 5) is 24.8. The first kappa shape index (κ1) is 23.1. The predicted molar refractivity (Wildman–Crippen MR) is 145 cm³/mol. The Morgan fingerprint density at radius 3 is 2.71 bits per heavy atom. The lowest BCUT2D eigenvalue weighted by molar-refractivity contribution is 0.509. The Morgan fingerprint density at radius 2 is 2.00 bits per heavy atom. The van der Waals surface area contributed by atoms with E-state index in [2.05, 4.69) is 66.2 Å². The quantitative estimate of drug-likeness (QED) is 0.334. The van der Waals surface area contributed by atoms with Crippen LogP contribution in [-0.2, 0) is 19.4 Å². The number of anilines is 1. The first-order valence-electron chi connectivity index (χ1n) is 12.1. The summed E-state index contributed by atoms with van der Waals surface area (Å²) in [5.41, 5.74) is 4.64. The fourth-order valence-corrected chi connectivity index (χ4v) is 6.15. The number of aryl methyl sites for hydroxylation is 1. The molecule has 1 atom stereocenters. The number of hydrogen-bond donors (Lipinski definition) is 1. The van der Waals surface area contributed by atoms with Gasteiger partial charge in [-0.25, -0.2) is 4.98 Å². The highest BCUT2D eigenvalue weighted by Crippen LogP contribution is 2.36. The highest BCUT2D eigenvalue weighted by molar-refractivity contribution is 7.18. The van der Waals surface area contributed by atoms with Crippen LogP contribution < -0.4 is 10.5 Å². The summed E-state index contributed by atoms with van der Waals surface area (Å²) in [5, 5.41) is 10.6. The average Bonchev–Trinajstić information content (AvgIpc) is 3.24. The van der Waals surface area contributed by atoms with Crippen molar-refractivity contribution in [3.8, 4) is 6.07 Å². The number of nitrogens with one attached hydrogen (secondary N) is 1. The molecule has 0 saturated heterocycles. The standard InChI is InChI=1S/C29H28N4OS/c1-3-33(18-21-7-5-4-6-8-21)23-12-10-20(11-13-23)16-22(17-30)27-31-28(34)26-24-14-9-19(2)15-25(24)35-29(26)32-27/h4-8,10-13,16,19H,3,9,14-15,18H2,1-2H3,(H,31,32,34)/b22-16+.